The molecule has 4 atom stereocenters. The summed E-state index contributed by atoms with van der Waals surface area (Å²) in [5.41, 5.74) is 0.351. The Hall–Kier alpha value is -1.95. The number of halogens is 1. The first-order valence-corrected chi connectivity index (χ1v) is 8.40. The Morgan fingerprint density at radius 3 is 2.67 bits per heavy atom. The maximum atomic E-state index is 13.5. The van der Waals surface area contributed by atoms with Crippen molar-refractivity contribution in [3.05, 3.63) is 29.6 Å². The molecule has 5 nitrogen and oxygen atoms in total. The molecule has 0 bridgehead atoms. The second-order valence-corrected chi connectivity index (χ2v) is 6.66. The summed E-state index contributed by atoms with van der Waals surface area (Å²) in [6.45, 7) is 5.91. The maximum absolute atomic E-state index is 13.5. The van der Waals surface area contributed by atoms with Crippen molar-refractivity contribution in [2.45, 2.75) is 39.7 Å². The van der Waals surface area contributed by atoms with Crippen molar-refractivity contribution < 1.29 is 19.1 Å². The standard InChI is InChI=1S/C18H25FN2O3/c1-4-10(2)16(22)9-20-17(23)14-8-12(19)5-6-15(14)21-18(24)13-7-11(13)3/h5-6,8,10-11,13,16,22H,4,7,9H2,1-3H3,(H,20,23)(H,21,24). The molecular weight excluding hydrogens is 311 g/mol. The Labute approximate surface area is 141 Å². The first kappa shape index (κ1) is 18.4. The number of carbonyl (C=O) groups is 2. The third-order valence-corrected chi connectivity index (χ3v) is 4.70. The lowest BCUT2D eigenvalue weighted by molar-refractivity contribution is -0.117. The van der Waals surface area contributed by atoms with E-state index in [-0.39, 0.29) is 35.5 Å². The summed E-state index contributed by atoms with van der Waals surface area (Å²) >= 11 is 0. The second kappa shape index (κ2) is 7.75. The molecule has 3 N–H and O–H groups in total. The van der Waals surface area contributed by atoms with E-state index in [0.717, 1.165) is 18.9 Å². The zero-order valence-electron chi connectivity index (χ0n) is 14.3. The predicted octanol–water partition coefficient (Wildman–Crippen LogP) is 2.56. The van der Waals surface area contributed by atoms with Crippen molar-refractivity contribution in [2.24, 2.45) is 17.8 Å². The van der Waals surface area contributed by atoms with Crippen molar-refractivity contribution in [3.63, 3.8) is 0 Å². The number of benzene rings is 1. The van der Waals surface area contributed by atoms with Crippen LogP contribution < -0.4 is 10.6 Å². The molecule has 6 heteroatoms. The van der Waals surface area contributed by atoms with Crippen LogP contribution in [0.5, 0.6) is 0 Å². The van der Waals surface area contributed by atoms with Crippen LogP contribution in [0, 0.1) is 23.6 Å². The van der Waals surface area contributed by atoms with Crippen LogP contribution in [0.1, 0.15) is 44.0 Å². The Balaban J connectivity index is 2.05. The van der Waals surface area contributed by atoms with Crippen LogP contribution in [0.2, 0.25) is 0 Å². The Morgan fingerprint density at radius 1 is 1.42 bits per heavy atom. The topological polar surface area (TPSA) is 78.4 Å². The summed E-state index contributed by atoms with van der Waals surface area (Å²) in [7, 11) is 0. The summed E-state index contributed by atoms with van der Waals surface area (Å²) in [6.07, 6.45) is 0.950. The molecule has 0 spiro atoms. The van der Waals surface area contributed by atoms with E-state index in [1.807, 2.05) is 20.8 Å². The Kier molecular flexibility index (Phi) is 5.94. The molecule has 1 aromatic carbocycles. The van der Waals surface area contributed by atoms with E-state index >= 15 is 0 Å². The zero-order valence-corrected chi connectivity index (χ0v) is 14.3. The second-order valence-electron chi connectivity index (χ2n) is 6.66. The van der Waals surface area contributed by atoms with Gasteiger partial charge in [-0.1, -0.05) is 27.2 Å². The molecule has 1 aliphatic rings. The van der Waals surface area contributed by atoms with Gasteiger partial charge in [-0.05, 0) is 36.5 Å². The maximum Gasteiger partial charge on any atom is 0.253 e. The van der Waals surface area contributed by atoms with Gasteiger partial charge in [-0.15, -0.1) is 0 Å². The molecular formula is C18H25FN2O3. The highest BCUT2D eigenvalue weighted by Crippen LogP contribution is 2.38. The fraction of sp³-hybridized carbons (Fsp3) is 0.556. The van der Waals surface area contributed by atoms with E-state index in [9.17, 15) is 19.1 Å². The minimum atomic E-state index is -0.669. The summed E-state index contributed by atoms with van der Waals surface area (Å²) < 4.78 is 13.5. The molecule has 0 heterocycles. The minimum absolute atomic E-state index is 0.0433. The average Bonchev–Trinajstić information content (AvgIpc) is 3.30. The number of hydrogen-bond acceptors (Lipinski definition) is 3. The third-order valence-electron chi connectivity index (χ3n) is 4.70. The SMILES string of the molecule is CCC(C)C(O)CNC(=O)c1cc(F)ccc1NC(=O)C1CC1C. The van der Waals surface area contributed by atoms with Crippen LogP contribution >= 0.6 is 0 Å². The van der Waals surface area contributed by atoms with Crippen molar-refractivity contribution in [1.82, 2.24) is 5.32 Å². The van der Waals surface area contributed by atoms with E-state index < -0.39 is 17.8 Å². The monoisotopic (exact) mass is 336 g/mol. The van der Waals surface area contributed by atoms with Crippen molar-refractivity contribution in [1.29, 1.82) is 0 Å². The summed E-state index contributed by atoms with van der Waals surface area (Å²) in [4.78, 5) is 24.4. The molecule has 1 aromatic rings. The number of rotatable bonds is 7. The normalized spacial score (nSPS) is 21.7. The van der Waals surface area contributed by atoms with E-state index in [1.54, 1.807) is 0 Å². The van der Waals surface area contributed by atoms with Crippen LogP contribution in [0.3, 0.4) is 0 Å². The number of aliphatic hydroxyl groups is 1. The lowest BCUT2D eigenvalue weighted by atomic mass is 10.0. The molecule has 4 unspecified atom stereocenters. The Bertz CT molecular complexity index is 620. The molecule has 1 fully saturated rings. The van der Waals surface area contributed by atoms with Crippen molar-refractivity contribution in [2.75, 3.05) is 11.9 Å². The number of anilines is 1. The van der Waals surface area contributed by atoms with Gasteiger partial charge in [0, 0.05) is 12.5 Å². The third kappa shape index (κ3) is 4.54. The number of amides is 2. The van der Waals surface area contributed by atoms with Gasteiger partial charge in [-0.25, -0.2) is 4.39 Å². The van der Waals surface area contributed by atoms with E-state index in [4.69, 9.17) is 0 Å². The van der Waals surface area contributed by atoms with Gasteiger partial charge in [-0.2, -0.15) is 0 Å². The molecule has 2 amide bonds. The predicted molar refractivity (Wildman–Crippen MR) is 90.1 cm³/mol. The van der Waals surface area contributed by atoms with Gasteiger partial charge in [0.15, 0.2) is 0 Å². The minimum Gasteiger partial charge on any atom is -0.391 e. The van der Waals surface area contributed by atoms with Gasteiger partial charge in [-0.3, -0.25) is 9.59 Å². The van der Waals surface area contributed by atoms with E-state index in [1.165, 1.54) is 12.1 Å². The van der Waals surface area contributed by atoms with Crippen LogP contribution in [0.25, 0.3) is 0 Å². The van der Waals surface area contributed by atoms with Gasteiger partial charge < -0.3 is 15.7 Å². The van der Waals surface area contributed by atoms with Gasteiger partial charge in [0.2, 0.25) is 5.91 Å². The number of hydrogen-bond donors (Lipinski definition) is 3. The molecule has 24 heavy (non-hydrogen) atoms. The summed E-state index contributed by atoms with van der Waals surface area (Å²) in [6, 6.07) is 3.69. The number of carbonyl (C=O) groups excluding carboxylic acids is 2. The average molecular weight is 336 g/mol. The van der Waals surface area contributed by atoms with Gasteiger partial charge >= 0.3 is 0 Å². The fourth-order valence-electron chi connectivity index (χ4n) is 2.49. The largest absolute Gasteiger partial charge is 0.391 e. The lowest BCUT2D eigenvalue weighted by Gasteiger charge is -2.18. The molecule has 132 valence electrons. The molecule has 0 saturated heterocycles. The van der Waals surface area contributed by atoms with Crippen LogP contribution in [0.15, 0.2) is 18.2 Å². The number of nitrogens with one attached hydrogen (secondary N) is 2. The highest BCUT2D eigenvalue weighted by atomic mass is 19.1. The quantitative estimate of drug-likeness (QED) is 0.716. The first-order valence-electron chi connectivity index (χ1n) is 8.40. The number of aliphatic hydroxyl groups excluding tert-OH is 1. The smallest absolute Gasteiger partial charge is 0.253 e. The highest BCUT2D eigenvalue weighted by Gasteiger charge is 2.39. The van der Waals surface area contributed by atoms with E-state index in [0.29, 0.717) is 5.92 Å². The van der Waals surface area contributed by atoms with Crippen molar-refractivity contribution in [3.8, 4) is 0 Å². The fourth-order valence-corrected chi connectivity index (χ4v) is 2.49. The zero-order chi connectivity index (χ0) is 17.9. The molecule has 0 radical (unpaired) electrons. The summed E-state index contributed by atoms with van der Waals surface area (Å²) in [5.74, 6) is -0.876. The molecule has 1 saturated carbocycles. The van der Waals surface area contributed by atoms with Gasteiger partial charge in [0.25, 0.3) is 5.91 Å². The van der Waals surface area contributed by atoms with Gasteiger partial charge in [0.05, 0.1) is 17.4 Å². The highest BCUT2D eigenvalue weighted by molar-refractivity contribution is 6.04. The van der Waals surface area contributed by atoms with Crippen LogP contribution in [0.4, 0.5) is 10.1 Å². The Morgan fingerprint density at radius 2 is 2.08 bits per heavy atom. The van der Waals surface area contributed by atoms with E-state index in [2.05, 4.69) is 10.6 Å². The first-order chi connectivity index (χ1) is 11.3. The van der Waals surface area contributed by atoms with Crippen LogP contribution in [-0.2, 0) is 4.79 Å². The van der Waals surface area contributed by atoms with Crippen molar-refractivity contribution >= 4 is 17.5 Å². The molecule has 1 aliphatic carbocycles. The summed E-state index contributed by atoms with van der Waals surface area (Å²) in [5, 5.41) is 15.2. The lowest BCUT2D eigenvalue weighted by Crippen LogP contribution is -2.35. The van der Waals surface area contributed by atoms with Gasteiger partial charge in [0.1, 0.15) is 5.82 Å². The molecule has 0 aromatic heterocycles. The molecule has 0 aliphatic heterocycles. The van der Waals surface area contributed by atoms with Crippen LogP contribution in [-0.4, -0.2) is 29.6 Å². The molecule has 2 rings (SSSR count).